The summed E-state index contributed by atoms with van der Waals surface area (Å²) in [5.74, 6) is 0.584. The first kappa shape index (κ1) is 13.9. The van der Waals surface area contributed by atoms with Crippen molar-refractivity contribution in [2.45, 2.75) is 12.5 Å². The Balaban J connectivity index is 1.78. The van der Waals surface area contributed by atoms with E-state index in [4.69, 9.17) is 9.47 Å². The number of rotatable bonds is 3. The summed E-state index contributed by atoms with van der Waals surface area (Å²) in [6.07, 6.45) is 0.781. The Kier molecular flexibility index (Phi) is 3.42. The van der Waals surface area contributed by atoms with Crippen LogP contribution in [0, 0.1) is 0 Å². The van der Waals surface area contributed by atoms with Crippen LogP contribution in [-0.4, -0.2) is 28.8 Å². The van der Waals surface area contributed by atoms with Gasteiger partial charge < -0.3 is 9.47 Å². The molecule has 0 aliphatic carbocycles. The molecule has 0 bridgehead atoms. The predicted molar refractivity (Wildman–Crippen MR) is 76.8 cm³/mol. The lowest BCUT2D eigenvalue weighted by Gasteiger charge is -2.13. The summed E-state index contributed by atoms with van der Waals surface area (Å²) in [5.41, 5.74) is 1.97. The van der Waals surface area contributed by atoms with E-state index in [1.807, 2.05) is 17.1 Å². The van der Waals surface area contributed by atoms with Crippen molar-refractivity contribution >= 4 is 5.91 Å². The van der Waals surface area contributed by atoms with Gasteiger partial charge in [0.05, 0.1) is 7.11 Å². The lowest BCUT2D eigenvalue weighted by Crippen LogP contribution is -2.42. The Labute approximate surface area is 124 Å². The summed E-state index contributed by atoms with van der Waals surface area (Å²) in [6, 6.07) is 6.53. The zero-order valence-electron chi connectivity index (χ0n) is 11.7. The molecule has 3 rings (SSSR count). The molecule has 2 heterocycles. The number of benzene rings is 1. The standard InChI is InChI=1S/C14H13N3O5/c1-21-9-4-2-3-8-7-10(22-12(8)9)13(19)16-17-6-5-11(18)15-14(17)20/h2-6,10H,7H2,1H3,(H,16,19)(H,15,18,20). The molecule has 1 atom stereocenters. The second-order valence-electron chi connectivity index (χ2n) is 4.72. The highest BCUT2D eigenvalue weighted by atomic mass is 16.5. The van der Waals surface area contributed by atoms with Crippen molar-refractivity contribution in [3.05, 3.63) is 56.9 Å². The Hall–Kier alpha value is -3.03. The first-order valence-electron chi connectivity index (χ1n) is 6.54. The lowest BCUT2D eigenvalue weighted by atomic mass is 10.1. The smallest absolute Gasteiger partial charge is 0.347 e. The number of nitrogens with zero attached hydrogens (tertiary/aromatic N) is 1. The van der Waals surface area contributed by atoms with Crippen LogP contribution < -0.4 is 26.1 Å². The van der Waals surface area contributed by atoms with Gasteiger partial charge in [-0.05, 0) is 6.07 Å². The van der Waals surface area contributed by atoms with Crippen LogP contribution in [0.3, 0.4) is 0 Å². The Morgan fingerprint density at radius 3 is 2.95 bits per heavy atom. The van der Waals surface area contributed by atoms with E-state index in [-0.39, 0.29) is 0 Å². The first-order chi connectivity index (χ1) is 10.6. The van der Waals surface area contributed by atoms with Crippen LogP contribution in [0.25, 0.3) is 0 Å². The van der Waals surface area contributed by atoms with Gasteiger partial charge in [-0.25, -0.2) is 9.47 Å². The van der Waals surface area contributed by atoms with Gasteiger partial charge in [0.25, 0.3) is 11.5 Å². The van der Waals surface area contributed by atoms with Gasteiger partial charge in [0.15, 0.2) is 17.6 Å². The number of carbonyl (C=O) groups is 1. The number of fused-ring (bicyclic) bond motifs is 1. The minimum Gasteiger partial charge on any atom is -0.493 e. The molecule has 2 aromatic rings. The van der Waals surface area contributed by atoms with Crippen LogP contribution in [-0.2, 0) is 11.2 Å². The SMILES string of the molecule is COc1cccc2c1OC(C(=O)Nn1ccc(=O)[nH]c1=O)C2. The van der Waals surface area contributed by atoms with Gasteiger partial charge in [-0.2, -0.15) is 0 Å². The van der Waals surface area contributed by atoms with E-state index in [1.165, 1.54) is 13.3 Å². The molecule has 0 radical (unpaired) electrons. The molecule has 0 fully saturated rings. The average molecular weight is 303 g/mol. The van der Waals surface area contributed by atoms with Gasteiger partial charge in [-0.3, -0.25) is 20.0 Å². The van der Waals surface area contributed by atoms with Crippen LogP contribution >= 0.6 is 0 Å². The van der Waals surface area contributed by atoms with E-state index in [1.54, 1.807) is 6.07 Å². The zero-order valence-corrected chi connectivity index (χ0v) is 11.7. The normalized spacial score (nSPS) is 15.8. The van der Waals surface area contributed by atoms with Crippen LogP contribution in [0.2, 0.25) is 0 Å². The van der Waals surface area contributed by atoms with E-state index in [0.29, 0.717) is 17.9 Å². The number of H-pyrrole nitrogens is 1. The molecule has 22 heavy (non-hydrogen) atoms. The highest BCUT2D eigenvalue weighted by molar-refractivity contribution is 5.89. The Morgan fingerprint density at radius 2 is 2.23 bits per heavy atom. The average Bonchev–Trinajstić information content (AvgIpc) is 2.94. The summed E-state index contributed by atoms with van der Waals surface area (Å²) in [6.45, 7) is 0. The fourth-order valence-electron chi connectivity index (χ4n) is 2.24. The quantitative estimate of drug-likeness (QED) is 0.804. The molecule has 1 aliphatic rings. The molecular formula is C14H13N3O5. The summed E-state index contributed by atoms with van der Waals surface area (Å²) < 4.78 is 11.7. The maximum atomic E-state index is 12.2. The molecule has 1 aromatic heterocycles. The number of nitrogens with one attached hydrogen (secondary N) is 2. The van der Waals surface area contributed by atoms with Crippen LogP contribution in [0.5, 0.6) is 11.5 Å². The molecular weight excluding hydrogens is 290 g/mol. The van der Waals surface area contributed by atoms with E-state index in [0.717, 1.165) is 16.3 Å². The molecule has 114 valence electrons. The minimum atomic E-state index is -0.773. The fourth-order valence-corrected chi connectivity index (χ4v) is 2.24. The molecule has 0 saturated heterocycles. The molecule has 8 nitrogen and oxygen atoms in total. The number of hydrogen-bond donors (Lipinski definition) is 2. The van der Waals surface area contributed by atoms with E-state index < -0.39 is 23.3 Å². The van der Waals surface area contributed by atoms with Crippen molar-refractivity contribution < 1.29 is 14.3 Å². The van der Waals surface area contributed by atoms with Crippen molar-refractivity contribution in [3.8, 4) is 11.5 Å². The van der Waals surface area contributed by atoms with Crippen molar-refractivity contribution in [1.29, 1.82) is 0 Å². The van der Waals surface area contributed by atoms with Gasteiger partial charge in [-0.15, -0.1) is 0 Å². The van der Waals surface area contributed by atoms with Crippen LogP contribution in [0.1, 0.15) is 5.56 Å². The largest absolute Gasteiger partial charge is 0.493 e. The van der Waals surface area contributed by atoms with E-state index in [2.05, 4.69) is 5.43 Å². The third-order valence-corrected chi connectivity index (χ3v) is 3.29. The summed E-state index contributed by atoms with van der Waals surface area (Å²) in [7, 11) is 1.52. The second kappa shape index (κ2) is 5.40. The third kappa shape index (κ3) is 2.46. The third-order valence-electron chi connectivity index (χ3n) is 3.29. The molecule has 0 saturated carbocycles. The number of para-hydroxylation sites is 1. The summed E-state index contributed by atoms with van der Waals surface area (Å²) >= 11 is 0. The number of ether oxygens (including phenoxy) is 2. The topological polar surface area (TPSA) is 102 Å². The monoisotopic (exact) mass is 303 g/mol. The second-order valence-corrected chi connectivity index (χ2v) is 4.72. The van der Waals surface area contributed by atoms with Gasteiger partial charge in [0.2, 0.25) is 0 Å². The molecule has 1 unspecified atom stereocenters. The molecule has 8 heteroatoms. The summed E-state index contributed by atoms with van der Waals surface area (Å²) in [4.78, 5) is 36.8. The van der Waals surface area contributed by atoms with Crippen molar-refractivity contribution in [1.82, 2.24) is 9.66 Å². The van der Waals surface area contributed by atoms with Gasteiger partial charge in [-0.1, -0.05) is 12.1 Å². The highest BCUT2D eigenvalue weighted by Crippen LogP contribution is 2.37. The molecule has 0 spiro atoms. The highest BCUT2D eigenvalue weighted by Gasteiger charge is 2.31. The molecule has 1 aliphatic heterocycles. The number of aromatic nitrogens is 2. The van der Waals surface area contributed by atoms with Crippen molar-refractivity contribution in [2.24, 2.45) is 0 Å². The van der Waals surface area contributed by atoms with Crippen LogP contribution in [0.15, 0.2) is 40.1 Å². The summed E-state index contributed by atoms with van der Waals surface area (Å²) in [5, 5.41) is 0. The Bertz CT molecular complexity index is 839. The number of amides is 1. The number of carbonyl (C=O) groups excluding carboxylic acids is 1. The fraction of sp³-hybridized carbons (Fsp3) is 0.214. The molecule has 2 N–H and O–H groups in total. The molecule has 1 amide bonds. The lowest BCUT2D eigenvalue weighted by molar-refractivity contribution is -0.123. The zero-order chi connectivity index (χ0) is 15.7. The van der Waals surface area contributed by atoms with Crippen molar-refractivity contribution in [3.63, 3.8) is 0 Å². The van der Waals surface area contributed by atoms with Crippen LogP contribution in [0.4, 0.5) is 0 Å². The number of hydrogen-bond acceptors (Lipinski definition) is 5. The Morgan fingerprint density at radius 1 is 1.41 bits per heavy atom. The molecule has 1 aromatic carbocycles. The predicted octanol–water partition coefficient (Wildman–Crippen LogP) is -0.381. The number of aromatic amines is 1. The van der Waals surface area contributed by atoms with E-state index in [9.17, 15) is 14.4 Å². The minimum absolute atomic E-state index is 0.371. The number of methoxy groups -OCH3 is 1. The first-order valence-corrected chi connectivity index (χ1v) is 6.54. The van der Waals surface area contributed by atoms with Gasteiger partial charge in [0.1, 0.15) is 0 Å². The van der Waals surface area contributed by atoms with Gasteiger partial charge >= 0.3 is 5.69 Å². The van der Waals surface area contributed by atoms with Gasteiger partial charge in [0, 0.05) is 24.2 Å². The maximum Gasteiger partial charge on any atom is 0.347 e. The maximum absolute atomic E-state index is 12.2. The van der Waals surface area contributed by atoms with Crippen molar-refractivity contribution in [2.75, 3.05) is 12.5 Å². The van der Waals surface area contributed by atoms with E-state index >= 15 is 0 Å².